The highest BCUT2D eigenvalue weighted by Gasteiger charge is 2.25. The van der Waals surface area contributed by atoms with E-state index in [4.69, 9.17) is 9.47 Å². The van der Waals surface area contributed by atoms with Crippen molar-refractivity contribution in [3.05, 3.63) is 155 Å². The van der Waals surface area contributed by atoms with Crippen molar-refractivity contribution in [3.63, 3.8) is 0 Å². The molecule has 0 spiro atoms. The van der Waals surface area contributed by atoms with Crippen molar-refractivity contribution in [2.75, 3.05) is 14.2 Å². The molecule has 62 heavy (non-hydrogen) atoms. The van der Waals surface area contributed by atoms with Crippen molar-refractivity contribution < 1.29 is 27.8 Å². The van der Waals surface area contributed by atoms with Gasteiger partial charge in [0.15, 0.2) is 34.5 Å². The van der Waals surface area contributed by atoms with E-state index in [-0.39, 0.29) is 36.0 Å². The Hall–Kier alpha value is -7.50. The second-order valence-electron chi connectivity index (χ2n) is 15.3. The summed E-state index contributed by atoms with van der Waals surface area (Å²) in [6, 6.07) is 17.9. The number of benzene rings is 2. The molecule has 0 atom stereocenters. The number of pyridine rings is 2. The first-order chi connectivity index (χ1) is 30.2. The van der Waals surface area contributed by atoms with E-state index in [2.05, 4.69) is 65.8 Å². The summed E-state index contributed by atoms with van der Waals surface area (Å²) in [6.45, 7) is 0.825. The van der Waals surface area contributed by atoms with Crippen molar-refractivity contribution in [3.8, 4) is 11.5 Å². The molecule has 6 aromatic heterocycles. The summed E-state index contributed by atoms with van der Waals surface area (Å²) in [7, 11) is 2.79. The highest BCUT2D eigenvalue weighted by molar-refractivity contribution is 5.92. The zero-order valence-corrected chi connectivity index (χ0v) is 33.9. The van der Waals surface area contributed by atoms with Crippen molar-refractivity contribution in [2.45, 2.75) is 63.7 Å². The van der Waals surface area contributed by atoms with Crippen molar-refractivity contribution in [1.29, 1.82) is 0 Å². The van der Waals surface area contributed by atoms with E-state index >= 15 is 0 Å². The minimum Gasteiger partial charge on any atom is -0.494 e. The van der Waals surface area contributed by atoms with Crippen molar-refractivity contribution in [2.24, 2.45) is 0 Å². The predicted molar refractivity (Wildman–Crippen MR) is 221 cm³/mol. The van der Waals surface area contributed by atoms with Gasteiger partial charge < -0.3 is 28.9 Å². The van der Waals surface area contributed by atoms with Gasteiger partial charge in [0.05, 0.1) is 51.1 Å². The molecule has 0 aliphatic heterocycles. The standard InChI is InChI=1S/2C22H21FN6O2/c2*1-31-19-4-2-3-15(21(19)23)9-24-22(30)18-13-29(27-26-18)12-17-11-28-10-16(14-5-6-14)7-8-20(28)25-17/h2*2-4,7-8,10-11,13-14H,5-6,9,12H2,1H3,(H,24,30). The maximum Gasteiger partial charge on any atom is 0.273 e. The van der Waals surface area contributed by atoms with Crippen LogP contribution in [0.3, 0.4) is 0 Å². The summed E-state index contributed by atoms with van der Waals surface area (Å²) >= 11 is 0. The average molecular weight is 841 g/mol. The fourth-order valence-electron chi connectivity index (χ4n) is 7.12. The number of imidazole rings is 2. The third kappa shape index (κ3) is 8.98. The summed E-state index contributed by atoms with van der Waals surface area (Å²) in [5.41, 5.74) is 7.03. The number of fused-ring (bicyclic) bond motifs is 2. The Kier molecular flexibility index (Phi) is 11.1. The highest BCUT2D eigenvalue weighted by Crippen LogP contribution is 2.40. The molecule has 0 bridgehead atoms. The van der Waals surface area contributed by atoms with Gasteiger partial charge in [0.25, 0.3) is 11.8 Å². The van der Waals surface area contributed by atoms with E-state index in [1.165, 1.54) is 63.2 Å². The number of rotatable bonds is 14. The summed E-state index contributed by atoms with van der Waals surface area (Å²) in [6.07, 6.45) is 16.3. The van der Waals surface area contributed by atoms with E-state index in [9.17, 15) is 18.4 Å². The molecule has 18 heteroatoms. The molecule has 2 fully saturated rings. The number of nitrogens with zero attached hydrogens (tertiary/aromatic N) is 10. The second-order valence-corrected chi connectivity index (χ2v) is 15.3. The molecule has 6 heterocycles. The molecule has 8 aromatic rings. The summed E-state index contributed by atoms with van der Waals surface area (Å²) < 4.78 is 45.5. The zero-order valence-electron chi connectivity index (χ0n) is 33.9. The summed E-state index contributed by atoms with van der Waals surface area (Å²) in [5, 5.41) is 21.2. The van der Waals surface area contributed by atoms with Gasteiger partial charge in [0.2, 0.25) is 0 Å². The molecule has 0 radical (unpaired) electrons. The second kappa shape index (κ2) is 17.2. The van der Waals surface area contributed by atoms with Crippen molar-refractivity contribution in [1.82, 2.24) is 59.4 Å². The number of amides is 2. The van der Waals surface area contributed by atoms with Gasteiger partial charge in [-0.25, -0.2) is 28.1 Å². The predicted octanol–water partition coefficient (Wildman–Crippen LogP) is 5.86. The summed E-state index contributed by atoms with van der Waals surface area (Å²) in [5.74, 6) is -0.232. The minimum absolute atomic E-state index is 0.0183. The van der Waals surface area contributed by atoms with Crippen LogP contribution in [0.2, 0.25) is 0 Å². The molecular weight excluding hydrogens is 799 g/mol. The van der Waals surface area contributed by atoms with Gasteiger partial charge in [-0.05, 0) is 72.9 Å². The van der Waals surface area contributed by atoms with Gasteiger partial charge in [-0.2, -0.15) is 0 Å². The van der Waals surface area contributed by atoms with Crippen LogP contribution in [0.1, 0.15) is 92.1 Å². The van der Waals surface area contributed by atoms with Crippen LogP contribution < -0.4 is 20.1 Å². The highest BCUT2D eigenvalue weighted by atomic mass is 19.1. The molecule has 0 unspecified atom stereocenters. The first-order valence-corrected chi connectivity index (χ1v) is 20.2. The maximum atomic E-state index is 14.2. The Bertz CT molecular complexity index is 2720. The summed E-state index contributed by atoms with van der Waals surface area (Å²) in [4.78, 5) is 34.0. The molecule has 2 aromatic carbocycles. The molecule has 2 aliphatic carbocycles. The van der Waals surface area contributed by atoms with Gasteiger partial charge in [-0.15, -0.1) is 10.2 Å². The molecule has 0 saturated heterocycles. The van der Waals surface area contributed by atoms with E-state index in [1.54, 1.807) is 46.0 Å². The van der Waals surface area contributed by atoms with E-state index < -0.39 is 23.4 Å². The van der Waals surface area contributed by atoms with Crippen LogP contribution >= 0.6 is 0 Å². The van der Waals surface area contributed by atoms with Crippen LogP contribution in [-0.4, -0.2) is 74.8 Å². The van der Waals surface area contributed by atoms with Gasteiger partial charge >= 0.3 is 0 Å². The Balaban J connectivity index is 0.000000158. The number of ether oxygens (including phenoxy) is 2. The average Bonchev–Trinajstić information content (AvgIpc) is 4.12. The number of hydrogen-bond acceptors (Lipinski definition) is 10. The molecular formula is C44H42F2N12O4. The molecule has 16 nitrogen and oxygen atoms in total. The van der Waals surface area contributed by atoms with Crippen LogP contribution in [-0.2, 0) is 26.2 Å². The molecule has 2 N–H and O–H groups in total. The molecule has 10 rings (SSSR count). The Morgan fingerprint density at radius 3 is 1.45 bits per heavy atom. The van der Waals surface area contributed by atoms with Crippen LogP contribution in [0.4, 0.5) is 8.78 Å². The Morgan fingerprint density at radius 1 is 0.613 bits per heavy atom. The first kappa shape index (κ1) is 39.9. The monoisotopic (exact) mass is 840 g/mol. The van der Waals surface area contributed by atoms with Crippen LogP contribution in [0.15, 0.2) is 97.8 Å². The third-order valence-corrected chi connectivity index (χ3v) is 10.7. The lowest BCUT2D eigenvalue weighted by Gasteiger charge is -2.07. The molecule has 2 amide bonds. The number of halogens is 2. The van der Waals surface area contributed by atoms with Gasteiger partial charge in [0.1, 0.15) is 11.3 Å². The lowest BCUT2D eigenvalue weighted by molar-refractivity contribution is 0.0937. The number of carbonyl (C=O) groups excluding carboxylic acids is 2. The number of hydrogen-bond donors (Lipinski definition) is 2. The Morgan fingerprint density at radius 2 is 1.05 bits per heavy atom. The van der Waals surface area contributed by atoms with E-state index in [0.717, 1.165) is 22.7 Å². The lowest BCUT2D eigenvalue weighted by atomic mass is 10.2. The van der Waals surface area contributed by atoms with Crippen LogP contribution in [0.25, 0.3) is 11.3 Å². The number of aromatic nitrogens is 10. The SMILES string of the molecule is COc1cccc(CNC(=O)c2cn(Cc3cn4cc(C5CC5)ccc4n3)nn2)c1F.COc1cccc(CNC(=O)c2cn(Cc3cn4cc(C5CC5)ccc4n3)nn2)c1F. The topological polar surface area (TPSA) is 173 Å². The lowest BCUT2D eigenvalue weighted by Crippen LogP contribution is -2.23. The maximum absolute atomic E-state index is 14.2. The number of nitrogens with one attached hydrogen (secondary N) is 2. The van der Waals surface area contributed by atoms with Gasteiger partial charge in [-0.1, -0.05) is 46.8 Å². The largest absolute Gasteiger partial charge is 0.494 e. The quantitative estimate of drug-likeness (QED) is 0.135. The zero-order chi connectivity index (χ0) is 42.7. The molecule has 316 valence electrons. The fourth-order valence-corrected chi connectivity index (χ4v) is 7.12. The number of carbonyl (C=O) groups is 2. The van der Waals surface area contributed by atoms with Crippen LogP contribution in [0.5, 0.6) is 11.5 Å². The molecule has 2 aliphatic rings. The normalized spacial score (nSPS) is 13.5. The van der Waals surface area contributed by atoms with Crippen molar-refractivity contribution >= 4 is 23.1 Å². The van der Waals surface area contributed by atoms with Crippen LogP contribution in [0, 0.1) is 11.6 Å². The van der Waals surface area contributed by atoms with Gasteiger partial charge in [0, 0.05) is 49.0 Å². The first-order valence-electron chi connectivity index (χ1n) is 20.2. The van der Waals surface area contributed by atoms with E-state index in [0.29, 0.717) is 36.1 Å². The Labute approximate surface area is 353 Å². The fraction of sp³-hybridized carbons (Fsp3) is 0.273. The number of methoxy groups -OCH3 is 2. The third-order valence-electron chi connectivity index (χ3n) is 10.7. The minimum atomic E-state index is -0.495. The smallest absolute Gasteiger partial charge is 0.273 e. The van der Waals surface area contributed by atoms with E-state index in [1.807, 2.05) is 33.3 Å². The van der Waals surface area contributed by atoms with Gasteiger partial charge in [-0.3, -0.25) is 9.59 Å². The molecule has 2 saturated carbocycles.